The molecular weight excluding hydrogens is 282 g/mol. The molecule has 4 nitrogen and oxygen atoms in total. The molecule has 0 amide bonds. The van der Waals surface area contributed by atoms with Crippen LogP contribution in [-0.2, 0) is 6.54 Å². The zero-order chi connectivity index (χ0) is 14.1. The average Bonchev–Trinajstić information content (AvgIpc) is 3.14. The highest BCUT2D eigenvalue weighted by Gasteiger charge is 2.32. The van der Waals surface area contributed by atoms with E-state index < -0.39 is 11.6 Å². The number of halogens is 2. The Morgan fingerprint density at radius 1 is 1.40 bits per heavy atom. The van der Waals surface area contributed by atoms with Gasteiger partial charge >= 0.3 is 0 Å². The quantitative estimate of drug-likeness (QED) is 0.658. The average molecular weight is 296 g/mol. The number of anilines is 2. The van der Waals surface area contributed by atoms with Gasteiger partial charge in [0, 0.05) is 18.7 Å². The Hall–Kier alpha value is -1.73. The first-order valence-electron chi connectivity index (χ1n) is 6.29. The van der Waals surface area contributed by atoms with E-state index in [0.29, 0.717) is 6.54 Å². The van der Waals surface area contributed by atoms with Crippen molar-refractivity contribution in [1.29, 1.82) is 0 Å². The summed E-state index contributed by atoms with van der Waals surface area (Å²) in [7, 11) is 0. The molecule has 3 rings (SSSR count). The van der Waals surface area contributed by atoms with Crippen LogP contribution in [0.4, 0.5) is 20.4 Å². The Kier molecular flexibility index (Phi) is 3.54. The summed E-state index contributed by atoms with van der Waals surface area (Å²) in [5.74, 6) is 3.76. The Labute approximate surface area is 119 Å². The molecule has 2 aromatic heterocycles. The molecular formula is C13H14F2N4S. The summed E-state index contributed by atoms with van der Waals surface area (Å²) in [6.45, 7) is 0.563. The van der Waals surface area contributed by atoms with E-state index in [1.165, 1.54) is 0 Å². The van der Waals surface area contributed by atoms with Gasteiger partial charge in [0.15, 0.2) is 23.3 Å². The Morgan fingerprint density at radius 3 is 2.80 bits per heavy atom. The van der Waals surface area contributed by atoms with Gasteiger partial charge in [0.05, 0.1) is 0 Å². The second kappa shape index (κ2) is 5.34. The maximum atomic E-state index is 14.0. The summed E-state index contributed by atoms with van der Waals surface area (Å²) in [5, 5.41) is 3.99. The van der Waals surface area contributed by atoms with Gasteiger partial charge in [0.2, 0.25) is 0 Å². The summed E-state index contributed by atoms with van der Waals surface area (Å²) >= 11 is 1.59. The fourth-order valence-corrected chi connectivity index (χ4v) is 2.76. The van der Waals surface area contributed by atoms with Gasteiger partial charge in [-0.05, 0) is 35.2 Å². The second-order valence-electron chi connectivity index (χ2n) is 4.76. The molecule has 0 aliphatic heterocycles. The fourth-order valence-electron chi connectivity index (χ4n) is 2.10. The van der Waals surface area contributed by atoms with Gasteiger partial charge in [0.25, 0.3) is 0 Å². The summed E-state index contributed by atoms with van der Waals surface area (Å²) in [6, 6.07) is 3.07. The van der Waals surface area contributed by atoms with Gasteiger partial charge in [-0.1, -0.05) is 0 Å². The highest BCUT2D eigenvalue weighted by atomic mass is 32.1. The Bertz CT molecular complexity index is 599. The molecule has 0 bridgehead atoms. The highest BCUT2D eigenvalue weighted by molar-refractivity contribution is 7.07. The van der Waals surface area contributed by atoms with Gasteiger partial charge in [0.1, 0.15) is 0 Å². The first kappa shape index (κ1) is 13.3. The van der Waals surface area contributed by atoms with Crippen LogP contribution in [0.15, 0.2) is 22.9 Å². The van der Waals surface area contributed by atoms with Crippen LogP contribution in [0.25, 0.3) is 0 Å². The highest BCUT2D eigenvalue weighted by Crippen LogP contribution is 2.34. The number of aromatic nitrogens is 1. The molecule has 0 saturated heterocycles. The zero-order valence-corrected chi connectivity index (χ0v) is 11.5. The maximum Gasteiger partial charge on any atom is 0.178 e. The fraction of sp³-hybridized carbons (Fsp3) is 0.308. The Balaban J connectivity index is 1.94. The molecule has 0 radical (unpaired) electrons. The lowest BCUT2D eigenvalue weighted by atomic mass is 10.3. The van der Waals surface area contributed by atoms with Crippen LogP contribution < -0.4 is 16.2 Å². The van der Waals surface area contributed by atoms with Crippen molar-refractivity contribution in [2.75, 3.05) is 10.3 Å². The number of pyridine rings is 1. The summed E-state index contributed by atoms with van der Waals surface area (Å²) in [4.78, 5) is 5.85. The normalized spacial score (nSPS) is 14.3. The number of nitrogen functional groups attached to an aromatic ring is 1. The SMILES string of the molecule is NNc1nc(N(Cc2ccsc2)C2CC2)c(F)cc1F. The minimum absolute atomic E-state index is 0.141. The topological polar surface area (TPSA) is 54.2 Å². The van der Waals surface area contributed by atoms with Crippen molar-refractivity contribution >= 4 is 23.0 Å². The third-order valence-corrected chi connectivity index (χ3v) is 3.97. The summed E-state index contributed by atoms with van der Waals surface area (Å²) in [6.07, 6.45) is 1.99. The number of nitrogens with zero attached hydrogens (tertiary/aromatic N) is 2. The molecule has 2 heterocycles. The van der Waals surface area contributed by atoms with E-state index in [-0.39, 0.29) is 17.7 Å². The first-order valence-corrected chi connectivity index (χ1v) is 7.23. The first-order chi connectivity index (χ1) is 9.69. The van der Waals surface area contributed by atoms with Crippen molar-refractivity contribution in [2.45, 2.75) is 25.4 Å². The monoisotopic (exact) mass is 296 g/mol. The predicted octanol–water partition coefficient (Wildman–Crippen LogP) is 2.88. The summed E-state index contributed by atoms with van der Waals surface area (Å²) < 4.78 is 27.4. The van der Waals surface area contributed by atoms with Crippen LogP contribution in [0.5, 0.6) is 0 Å². The molecule has 0 spiro atoms. The van der Waals surface area contributed by atoms with E-state index in [9.17, 15) is 8.78 Å². The van der Waals surface area contributed by atoms with Gasteiger partial charge < -0.3 is 10.3 Å². The molecule has 1 saturated carbocycles. The molecule has 106 valence electrons. The van der Waals surface area contributed by atoms with Crippen LogP contribution in [0, 0.1) is 11.6 Å². The standard InChI is InChI=1S/C13H14F2N4S/c14-10-5-11(15)13(17-12(10)18-16)19(9-1-2-9)6-8-3-4-20-7-8/h3-5,7,9H,1-2,6,16H2,(H,17,18). The van der Waals surface area contributed by atoms with Crippen LogP contribution in [-0.4, -0.2) is 11.0 Å². The van der Waals surface area contributed by atoms with E-state index in [0.717, 1.165) is 24.5 Å². The van der Waals surface area contributed by atoms with E-state index in [4.69, 9.17) is 5.84 Å². The van der Waals surface area contributed by atoms with Crippen LogP contribution >= 0.6 is 11.3 Å². The molecule has 1 aliphatic carbocycles. The van der Waals surface area contributed by atoms with Gasteiger partial charge in [-0.3, -0.25) is 0 Å². The lowest BCUT2D eigenvalue weighted by Crippen LogP contribution is -2.27. The van der Waals surface area contributed by atoms with E-state index >= 15 is 0 Å². The molecule has 0 unspecified atom stereocenters. The van der Waals surface area contributed by atoms with Crippen molar-refractivity contribution in [2.24, 2.45) is 5.84 Å². The maximum absolute atomic E-state index is 14.0. The second-order valence-corrected chi connectivity index (χ2v) is 5.54. The third-order valence-electron chi connectivity index (χ3n) is 3.24. The molecule has 1 fully saturated rings. The van der Waals surface area contributed by atoms with Crippen molar-refractivity contribution in [3.63, 3.8) is 0 Å². The van der Waals surface area contributed by atoms with Crippen molar-refractivity contribution in [3.05, 3.63) is 40.1 Å². The zero-order valence-electron chi connectivity index (χ0n) is 10.6. The number of nitrogens with one attached hydrogen (secondary N) is 1. The number of rotatable bonds is 5. The molecule has 0 aromatic carbocycles. The van der Waals surface area contributed by atoms with Gasteiger partial charge in [-0.2, -0.15) is 11.3 Å². The summed E-state index contributed by atoms with van der Waals surface area (Å²) in [5.41, 5.74) is 3.25. The molecule has 0 atom stereocenters. The molecule has 1 aliphatic rings. The molecule has 7 heteroatoms. The van der Waals surface area contributed by atoms with Crippen molar-refractivity contribution in [3.8, 4) is 0 Å². The predicted molar refractivity (Wildman–Crippen MR) is 75.5 cm³/mol. The van der Waals surface area contributed by atoms with Crippen LogP contribution in [0.3, 0.4) is 0 Å². The molecule has 3 N–H and O–H groups in total. The third kappa shape index (κ3) is 2.59. The van der Waals surface area contributed by atoms with Crippen LogP contribution in [0.1, 0.15) is 18.4 Å². The minimum Gasteiger partial charge on any atom is -0.347 e. The Morgan fingerprint density at radius 2 is 2.20 bits per heavy atom. The van der Waals surface area contributed by atoms with E-state index in [2.05, 4.69) is 10.4 Å². The van der Waals surface area contributed by atoms with Gasteiger partial charge in [-0.25, -0.2) is 19.6 Å². The van der Waals surface area contributed by atoms with Crippen molar-refractivity contribution < 1.29 is 8.78 Å². The number of nitrogens with two attached hydrogens (primary N) is 1. The minimum atomic E-state index is -0.792. The number of hydrogen-bond acceptors (Lipinski definition) is 5. The van der Waals surface area contributed by atoms with Gasteiger partial charge in [-0.15, -0.1) is 0 Å². The van der Waals surface area contributed by atoms with Crippen molar-refractivity contribution in [1.82, 2.24) is 4.98 Å². The van der Waals surface area contributed by atoms with E-state index in [1.807, 2.05) is 21.7 Å². The van der Waals surface area contributed by atoms with E-state index in [1.54, 1.807) is 11.3 Å². The lowest BCUT2D eigenvalue weighted by molar-refractivity contribution is 0.567. The smallest absolute Gasteiger partial charge is 0.178 e. The van der Waals surface area contributed by atoms with Crippen LogP contribution in [0.2, 0.25) is 0 Å². The molecule has 2 aromatic rings. The lowest BCUT2D eigenvalue weighted by Gasteiger charge is -2.24. The molecule has 20 heavy (non-hydrogen) atoms. The largest absolute Gasteiger partial charge is 0.347 e. The number of hydrogen-bond donors (Lipinski definition) is 2. The number of hydrazine groups is 1. The number of thiophene rings is 1.